The number of hydrogen-bond donors (Lipinski definition) is 2. The summed E-state index contributed by atoms with van der Waals surface area (Å²) in [5.74, 6) is 1.66. The van der Waals surface area contributed by atoms with E-state index in [9.17, 15) is 0 Å². The van der Waals surface area contributed by atoms with E-state index in [4.69, 9.17) is 9.47 Å². The van der Waals surface area contributed by atoms with Gasteiger partial charge in [0.25, 0.3) is 0 Å². The Balaban J connectivity index is 0.970. The summed E-state index contributed by atoms with van der Waals surface area (Å²) in [5, 5.41) is 13.5. The Morgan fingerprint density at radius 1 is 0.500 bits per heavy atom. The first-order valence-corrected chi connectivity index (χ1v) is 18.2. The third kappa shape index (κ3) is 10.9. The number of anilines is 2. The Kier molecular flexibility index (Phi) is 12.8. The monoisotopic (exact) mass is 694 g/mol. The lowest BCUT2D eigenvalue weighted by molar-refractivity contribution is 0.266. The van der Waals surface area contributed by atoms with Crippen LogP contribution in [0.3, 0.4) is 0 Å². The summed E-state index contributed by atoms with van der Waals surface area (Å²) in [6, 6.07) is 44.3. The van der Waals surface area contributed by atoms with Gasteiger partial charge in [0.1, 0.15) is 11.5 Å². The fourth-order valence-corrected chi connectivity index (χ4v) is 6.03. The van der Waals surface area contributed by atoms with Crippen LogP contribution in [-0.4, -0.2) is 24.6 Å². The van der Waals surface area contributed by atoms with Crippen LogP contribution in [0.15, 0.2) is 167 Å². The van der Waals surface area contributed by atoms with Gasteiger partial charge in [-0.05, 0) is 133 Å². The lowest BCUT2D eigenvalue weighted by Gasteiger charge is -2.10. The molecule has 6 rings (SSSR count). The molecule has 0 amide bonds. The molecule has 0 fully saturated rings. The predicted octanol–water partition coefficient (Wildman–Crippen LogP) is 11.1. The average molecular weight is 695 g/mol. The van der Waals surface area contributed by atoms with Gasteiger partial charge < -0.3 is 9.47 Å². The zero-order valence-electron chi connectivity index (χ0n) is 27.5. The maximum Gasteiger partial charge on any atom is 0.119 e. The molecule has 6 nitrogen and oxygen atoms in total. The van der Waals surface area contributed by atoms with Crippen molar-refractivity contribution in [3.05, 3.63) is 177 Å². The van der Waals surface area contributed by atoms with E-state index in [1.54, 1.807) is 22.7 Å². The van der Waals surface area contributed by atoms with Gasteiger partial charge in [-0.25, -0.2) is 0 Å². The van der Waals surface area contributed by atoms with Crippen molar-refractivity contribution >= 4 is 57.6 Å². The fraction of sp³-hybridized carbons (Fsp3) is 0.0952. The first kappa shape index (κ1) is 34.2. The van der Waals surface area contributed by atoms with Gasteiger partial charge in [-0.15, -0.1) is 22.7 Å². The lowest BCUT2D eigenvalue weighted by Crippen LogP contribution is -2.04. The normalized spacial score (nSPS) is 12.0. The molecule has 2 heterocycles. The highest BCUT2D eigenvalue weighted by atomic mass is 32.1. The summed E-state index contributed by atoms with van der Waals surface area (Å²) in [6.07, 6.45) is 9.99. The first-order chi connectivity index (χ1) is 24.8. The van der Waals surface area contributed by atoms with Gasteiger partial charge >= 0.3 is 0 Å². The highest BCUT2D eigenvalue weighted by Crippen LogP contribution is 2.19. The molecule has 0 saturated carbocycles. The van der Waals surface area contributed by atoms with E-state index in [1.165, 1.54) is 9.75 Å². The molecule has 2 N–H and O–H groups in total. The zero-order valence-corrected chi connectivity index (χ0v) is 29.2. The Hall–Kier alpha value is -5.70. The second kappa shape index (κ2) is 18.7. The van der Waals surface area contributed by atoms with Gasteiger partial charge in [-0.3, -0.25) is 10.9 Å². The number of hydrazone groups is 2. The summed E-state index contributed by atoms with van der Waals surface area (Å²) in [7, 11) is 0. The molecule has 8 heteroatoms. The molecule has 0 spiro atoms. The Morgan fingerprint density at radius 3 is 1.30 bits per heavy atom. The molecule has 0 saturated heterocycles. The Morgan fingerprint density at radius 2 is 0.920 bits per heavy atom. The molecule has 0 aliphatic carbocycles. The first-order valence-electron chi connectivity index (χ1n) is 16.5. The largest absolute Gasteiger partial charge is 0.494 e. The van der Waals surface area contributed by atoms with Crippen LogP contribution in [0.4, 0.5) is 11.4 Å². The SMILES string of the molecule is C(=C\c1cccs1)/C(=N\Nc1ccccc1)c1ccc(OCCCCOc2ccc(C(/C=C/c3cccs3)=N/Nc3ccccc3)cc2)cc1. The number of allylic oxidation sites excluding steroid dienone is 2. The van der Waals surface area contributed by atoms with Crippen molar-refractivity contribution < 1.29 is 9.47 Å². The Bertz CT molecular complexity index is 1820. The maximum absolute atomic E-state index is 6.04. The standard InChI is InChI=1S/C42H38N4O2S2/c1-3-11-35(12-4-1)43-45-41(27-25-39-15-9-31-49-39)33-17-21-37(22-18-33)47-29-7-8-30-48-38-23-19-34(20-24-38)42(28-26-40-16-10-32-50-40)46-44-36-13-5-2-6-14-36/h1-6,9-28,31-32,43-44H,7-8,29-30H2/b27-25+,28-26+,45-41+,46-42+. The van der Waals surface area contributed by atoms with Crippen molar-refractivity contribution in [1.29, 1.82) is 0 Å². The third-order valence-electron chi connectivity index (χ3n) is 7.43. The van der Waals surface area contributed by atoms with Crippen LogP contribution >= 0.6 is 22.7 Å². The Labute approximate surface area is 301 Å². The van der Waals surface area contributed by atoms with Crippen molar-refractivity contribution in [2.75, 3.05) is 24.1 Å². The van der Waals surface area contributed by atoms with E-state index in [-0.39, 0.29) is 0 Å². The predicted molar refractivity (Wildman–Crippen MR) is 213 cm³/mol. The summed E-state index contributed by atoms with van der Waals surface area (Å²) < 4.78 is 12.1. The van der Waals surface area contributed by atoms with E-state index < -0.39 is 0 Å². The quantitative estimate of drug-likeness (QED) is 0.0566. The van der Waals surface area contributed by atoms with Crippen molar-refractivity contribution in [2.45, 2.75) is 12.8 Å². The van der Waals surface area contributed by atoms with Gasteiger partial charge in [0, 0.05) is 20.9 Å². The van der Waals surface area contributed by atoms with Crippen molar-refractivity contribution in [2.24, 2.45) is 10.2 Å². The number of hydrogen-bond acceptors (Lipinski definition) is 8. The van der Waals surface area contributed by atoms with Gasteiger partial charge in [-0.2, -0.15) is 10.2 Å². The van der Waals surface area contributed by atoms with Crippen LogP contribution in [0.5, 0.6) is 11.5 Å². The van der Waals surface area contributed by atoms with E-state index in [0.29, 0.717) is 13.2 Å². The number of thiophene rings is 2. The van der Waals surface area contributed by atoms with Crippen LogP contribution in [0.1, 0.15) is 33.7 Å². The molecule has 0 atom stereocenters. The van der Waals surface area contributed by atoms with Gasteiger partial charge in [0.15, 0.2) is 0 Å². The van der Waals surface area contributed by atoms with Gasteiger partial charge in [-0.1, -0.05) is 48.5 Å². The van der Waals surface area contributed by atoms with Gasteiger partial charge in [0.2, 0.25) is 0 Å². The van der Waals surface area contributed by atoms with Crippen molar-refractivity contribution in [3.63, 3.8) is 0 Å². The molecule has 4 aromatic carbocycles. The molecular weight excluding hydrogens is 657 g/mol. The summed E-state index contributed by atoms with van der Waals surface area (Å²) in [5.41, 5.74) is 11.9. The number of rotatable bonds is 17. The smallest absolute Gasteiger partial charge is 0.119 e. The molecule has 250 valence electrons. The van der Waals surface area contributed by atoms with Crippen LogP contribution < -0.4 is 20.3 Å². The summed E-state index contributed by atoms with van der Waals surface area (Å²) >= 11 is 3.39. The zero-order chi connectivity index (χ0) is 34.1. The second-order valence-corrected chi connectivity index (χ2v) is 13.1. The van der Waals surface area contributed by atoms with E-state index in [0.717, 1.165) is 58.3 Å². The van der Waals surface area contributed by atoms with Crippen molar-refractivity contribution in [3.8, 4) is 11.5 Å². The highest BCUT2D eigenvalue weighted by Gasteiger charge is 2.05. The van der Waals surface area contributed by atoms with Gasteiger partial charge in [0.05, 0.1) is 36.0 Å². The van der Waals surface area contributed by atoms with E-state index >= 15 is 0 Å². The number of nitrogens with zero attached hydrogens (tertiary/aromatic N) is 2. The lowest BCUT2D eigenvalue weighted by atomic mass is 10.1. The fourth-order valence-electron chi connectivity index (χ4n) is 4.79. The minimum atomic E-state index is 0.612. The number of nitrogens with one attached hydrogen (secondary N) is 2. The summed E-state index contributed by atoms with van der Waals surface area (Å²) in [4.78, 5) is 2.35. The number of unbranched alkanes of at least 4 members (excludes halogenated alkanes) is 1. The molecule has 2 aromatic heterocycles. The van der Waals surface area contributed by atoms with E-state index in [2.05, 4.69) is 56.1 Å². The molecule has 0 aliphatic heterocycles. The summed E-state index contributed by atoms with van der Waals surface area (Å²) in [6.45, 7) is 1.22. The molecule has 0 bridgehead atoms. The molecule has 0 unspecified atom stereocenters. The van der Waals surface area contributed by atoms with Crippen LogP contribution in [0.25, 0.3) is 12.2 Å². The molecular formula is C42H38N4O2S2. The molecule has 0 aliphatic rings. The highest BCUT2D eigenvalue weighted by molar-refractivity contribution is 7.11. The number of para-hydroxylation sites is 2. The molecule has 50 heavy (non-hydrogen) atoms. The third-order valence-corrected chi connectivity index (χ3v) is 9.11. The maximum atomic E-state index is 6.04. The number of benzene rings is 4. The van der Waals surface area contributed by atoms with Crippen molar-refractivity contribution in [1.82, 2.24) is 0 Å². The molecule has 6 aromatic rings. The minimum absolute atomic E-state index is 0.612. The van der Waals surface area contributed by atoms with Crippen LogP contribution in [-0.2, 0) is 0 Å². The second-order valence-electron chi connectivity index (χ2n) is 11.1. The molecule has 0 radical (unpaired) electrons. The topological polar surface area (TPSA) is 67.2 Å². The number of ether oxygens (including phenoxy) is 2. The van der Waals surface area contributed by atoms with Crippen LogP contribution in [0.2, 0.25) is 0 Å². The minimum Gasteiger partial charge on any atom is -0.494 e. The average Bonchev–Trinajstić information content (AvgIpc) is 3.90. The van der Waals surface area contributed by atoms with Crippen LogP contribution in [0, 0.1) is 0 Å². The van der Waals surface area contributed by atoms with E-state index in [1.807, 2.05) is 133 Å².